The molecule has 1 atom stereocenters. The molecule has 0 aromatic carbocycles. The second-order valence-electron chi connectivity index (χ2n) is 4.75. The molecule has 0 radical (unpaired) electrons. The molecule has 1 unspecified atom stereocenters. The Morgan fingerprint density at radius 3 is 3.19 bits per heavy atom. The highest BCUT2D eigenvalue weighted by Crippen LogP contribution is 2.31. The molecule has 1 saturated heterocycles. The lowest BCUT2D eigenvalue weighted by molar-refractivity contribution is 0.358. The second-order valence-corrected chi connectivity index (χ2v) is 6.11. The van der Waals surface area contributed by atoms with Crippen molar-refractivity contribution in [3.63, 3.8) is 0 Å². The Bertz CT molecular complexity index is 407. The van der Waals surface area contributed by atoms with Crippen LogP contribution in [-0.4, -0.2) is 33.8 Å². The SMILES string of the molecule is Cc1cnc2c(c1)CCC1CN(I)CCN21. The predicted octanol–water partition coefficient (Wildman–Crippen LogP) is 2.18. The number of pyridine rings is 1. The summed E-state index contributed by atoms with van der Waals surface area (Å²) in [6.45, 7) is 5.57. The number of halogens is 1. The summed E-state index contributed by atoms with van der Waals surface area (Å²) < 4.78 is 2.40. The summed E-state index contributed by atoms with van der Waals surface area (Å²) in [5.41, 5.74) is 2.72. The number of aromatic nitrogens is 1. The van der Waals surface area contributed by atoms with Gasteiger partial charge in [0.05, 0.1) is 0 Å². The summed E-state index contributed by atoms with van der Waals surface area (Å²) in [5.74, 6) is 1.24. The molecular formula is C12H16IN3. The maximum Gasteiger partial charge on any atom is 0.132 e. The van der Waals surface area contributed by atoms with E-state index in [1.165, 1.54) is 36.3 Å². The van der Waals surface area contributed by atoms with E-state index in [2.05, 4.69) is 48.9 Å². The molecule has 0 amide bonds. The third kappa shape index (κ3) is 1.82. The van der Waals surface area contributed by atoms with E-state index in [0.717, 1.165) is 13.1 Å². The normalized spacial score (nSPS) is 25.1. The Kier molecular flexibility index (Phi) is 2.79. The molecular weight excluding hydrogens is 313 g/mol. The van der Waals surface area contributed by atoms with Gasteiger partial charge in [0, 0.05) is 54.7 Å². The lowest BCUT2D eigenvalue weighted by atomic mass is 9.96. The number of hydrogen-bond acceptors (Lipinski definition) is 3. The molecule has 3 heterocycles. The fraction of sp³-hybridized carbons (Fsp3) is 0.583. The van der Waals surface area contributed by atoms with Crippen LogP contribution in [0.2, 0.25) is 0 Å². The molecule has 1 aromatic heterocycles. The molecule has 2 aliphatic rings. The van der Waals surface area contributed by atoms with Crippen molar-refractivity contribution in [3.8, 4) is 0 Å². The molecule has 86 valence electrons. The van der Waals surface area contributed by atoms with Crippen molar-refractivity contribution in [1.29, 1.82) is 0 Å². The van der Waals surface area contributed by atoms with Crippen LogP contribution in [0.5, 0.6) is 0 Å². The van der Waals surface area contributed by atoms with Crippen LogP contribution in [-0.2, 0) is 6.42 Å². The maximum absolute atomic E-state index is 4.63. The lowest BCUT2D eigenvalue weighted by Crippen LogP contribution is -2.52. The van der Waals surface area contributed by atoms with Gasteiger partial charge >= 0.3 is 0 Å². The molecule has 0 saturated carbocycles. The summed E-state index contributed by atoms with van der Waals surface area (Å²) in [6.07, 6.45) is 4.46. The molecule has 0 bridgehead atoms. The van der Waals surface area contributed by atoms with Gasteiger partial charge in [-0.3, -0.25) is 0 Å². The Labute approximate surface area is 110 Å². The minimum absolute atomic E-state index is 0.674. The van der Waals surface area contributed by atoms with E-state index in [0.29, 0.717) is 6.04 Å². The third-order valence-corrected chi connectivity index (χ3v) is 4.41. The van der Waals surface area contributed by atoms with Crippen molar-refractivity contribution in [2.75, 3.05) is 24.5 Å². The average Bonchev–Trinajstić information content (AvgIpc) is 2.28. The average molecular weight is 329 g/mol. The number of rotatable bonds is 0. The first-order valence-electron chi connectivity index (χ1n) is 5.87. The zero-order chi connectivity index (χ0) is 11.1. The van der Waals surface area contributed by atoms with Crippen molar-refractivity contribution in [2.24, 2.45) is 0 Å². The van der Waals surface area contributed by atoms with Gasteiger partial charge in [0.25, 0.3) is 0 Å². The van der Waals surface area contributed by atoms with Crippen LogP contribution in [0.15, 0.2) is 12.3 Å². The molecule has 3 nitrogen and oxygen atoms in total. The van der Waals surface area contributed by atoms with Gasteiger partial charge in [-0.15, -0.1) is 0 Å². The van der Waals surface area contributed by atoms with Gasteiger partial charge in [-0.1, -0.05) is 6.07 Å². The first kappa shape index (κ1) is 10.8. The molecule has 0 spiro atoms. The standard InChI is InChI=1S/C12H16IN3/c1-9-6-10-2-3-11-8-15(13)4-5-16(11)12(10)14-7-9/h6-7,11H,2-5,8H2,1H3. The first-order valence-corrected chi connectivity index (χ1v) is 6.83. The van der Waals surface area contributed by atoms with E-state index in [1.54, 1.807) is 0 Å². The van der Waals surface area contributed by atoms with Gasteiger partial charge in [-0.25, -0.2) is 8.10 Å². The number of nitrogens with zero attached hydrogens (tertiary/aromatic N) is 3. The fourth-order valence-electron chi connectivity index (χ4n) is 2.73. The number of anilines is 1. The van der Waals surface area contributed by atoms with Crippen LogP contribution < -0.4 is 4.90 Å². The third-order valence-electron chi connectivity index (χ3n) is 3.53. The monoisotopic (exact) mass is 329 g/mol. The lowest BCUT2D eigenvalue weighted by Gasteiger charge is -2.43. The van der Waals surface area contributed by atoms with Crippen molar-refractivity contribution in [2.45, 2.75) is 25.8 Å². The number of aryl methyl sites for hydroxylation is 2. The molecule has 1 aromatic rings. The highest BCUT2D eigenvalue weighted by Gasteiger charge is 2.31. The minimum atomic E-state index is 0.674. The first-order chi connectivity index (χ1) is 7.74. The number of hydrogen-bond donors (Lipinski definition) is 0. The molecule has 16 heavy (non-hydrogen) atoms. The Morgan fingerprint density at radius 2 is 2.31 bits per heavy atom. The van der Waals surface area contributed by atoms with Crippen LogP contribution in [0.3, 0.4) is 0 Å². The van der Waals surface area contributed by atoms with E-state index in [4.69, 9.17) is 0 Å². The summed E-state index contributed by atoms with van der Waals surface area (Å²) in [6, 6.07) is 2.97. The summed E-state index contributed by atoms with van der Waals surface area (Å²) in [7, 11) is 0. The van der Waals surface area contributed by atoms with Crippen LogP contribution in [0.25, 0.3) is 0 Å². The van der Waals surface area contributed by atoms with Gasteiger partial charge in [-0.05, 0) is 30.9 Å². The zero-order valence-corrected chi connectivity index (χ0v) is 11.6. The van der Waals surface area contributed by atoms with Crippen LogP contribution >= 0.6 is 22.9 Å². The van der Waals surface area contributed by atoms with Gasteiger partial charge in [0.2, 0.25) is 0 Å². The van der Waals surface area contributed by atoms with E-state index < -0.39 is 0 Å². The van der Waals surface area contributed by atoms with Gasteiger partial charge in [0.1, 0.15) is 5.82 Å². The summed E-state index contributed by atoms with van der Waals surface area (Å²) in [5, 5.41) is 0. The van der Waals surface area contributed by atoms with Crippen molar-refractivity contribution >= 4 is 28.7 Å². The van der Waals surface area contributed by atoms with Gasteiger partial charge in [-0.2, -0.15) is 0 Å². The molecule has 4 heteroatoms. The molecule has 0 N–H and O–H groups in total. The zero-order valence-electron chi connectivity index (χ0n) is 9.49. The Morgan fingerprint density at radius 1 is 1.44 bits per heavy atom. The highest BCUT2D eigenvalue weighted by atomic mass is 127. The number of fused-ring (bicyclic) bond motifs is 3. The van der Waals surface area contributed by atoms with Crippen molar-refractivity contribution in [1.82, 2.24) is 8.10 Å². The highest BCUT2D eigenvalue weighted by molar-refractivity contribution is 14.1. The van der Waals surface area contributed by atoms with E-state index in [1.807, 2.05) is 6.20 Å². The topological polar surface area (TPSA) is 19.4 Å². The van der Waals surface area contributed by atoms with E-state index >= 15 is 0 Å². The van der Waals surface area contributed by atoms with Crippen LogP contribution in [0.4, 0.5) is 5.82 Å². The second kappa shape index (κ2) is 4.14. The minimum Gasteiger partial charge on any atom is -0.351 e. The van der Waals surface area contributed by atoms with Gasteiger partial charge in [0.15, 0.2) is 0 Å². The van der Waals surface area contributed by atoms with Gasteiger partial charge < -0.3 is 4.90 Å². The Hall–Kier alpha value is -0.360. The van der Waals surface area contributed by atoms with Crippen molar-refractivity contribution < 1.29 is 0 Å². The summed E-state index contributed by atoms with van der Waals surface area (Å²) >= 11 is 2.44. The predicted molar refractivity (Wildman–Crippen MR) is 74.0 cm³/mol. The summed E-state index contributed by atoms with van der Waals surface area (Å²) in [4.78, 5) is 7.14. The maximum atomic E-state index is 4.63. The van der Waals surface area contributed by atoms with E-state index in [9.17, 15) is 0 Å². The quantitative estimate of drug-likeness (QED) is 0.537. The largest absolute Gasteiger partial charge is 0.351 e. The van der Waals surface area contributed by atoms with Crippen LogP contribution in [0.1, 0.15) is 17.5 Å². The smallest absolute Gasteiger partial charge is 0.132 e. The fourth-order valence-corrected chi connectivity index (χ4v) is 3.40. The van der Waals surface area contributed by atoms with E-state index in [-0.39, 0.29) is 0 Å². The van der Waals surface area contributed by atoms with Crippen molar-refractivity contribution in [3.05, 3.63) is 23.4 Å². The molecule has 2 aliphatic heterocycles. The number of piperazine rings is 1. The Balaban J connectivity index is 1.94. The molecule has 0 aliphatic carbocycles. The molecule has 1 fully saturated rings. The molecule has 3 rings (SSSR count). The van der Waals surface area contributed by atoms with Crippen LogP contribution in [0, 0.1) is 6.92 Å².